The summed E-state index contributed by atoms with van der Waals surface area (Å²) in [4.78, 5) is 39.3. The van der Waals surface area contributed by atoms with E-state index in [0.717, 1.165) is 17.5 Å². The number of hydrogen-bond donors (Lipinski definition) is 2. The summed E-state index contributed by atoms with van der Waals surface area (Å²) >= 11 is 0. The van der Waals surface area contributed by atoms with Gasteiger partial charge in [-0.1, -0.05) is 43.3 Å². The summed E-state index contributed by atoms with van der Waals surface area (Å²) in [6.45, 7) is 5.68. The van der Waals surface area contributed by atoms with Crippen LogP contribution in [0.25, 0.3) is 5.76 Å². The quantitative estimate of drug-likeness (QED) is 0.265. The number of ketones is 1. The van der Waals surface area contributed by atoms with Crippen molar-refractivity contribution in [2.45, 2.75) is 39.7 Å². The fourth-order valence-corrected chi connectivity index (χ4v) is 4.71. The second-order valence-electron chi connectivity index (χ2n) is 9.14. The molecule has 0 bridgehead atoms. The van der Waals surface area contributed by atoms with Gasteiger partial charge in [0.25, 0.3) is 11.7 Å². The van der Waals surface area contributed by atoms with Crippen LogP contribution in [-0.4, -0.2) is 35.0 Å². The molecule has 0 spiro atoms. The van der Waals surface area contributed by atoms with E-state index in [-0.39, 0.29) is 17.8 Å². The van der Waals surface area contributed by atoms with Crippen LogP contribution in [0.1, 0.15) is 46.3 Å². The second-order valence-corrected chi connectivity index (χ2v) is 9.14. The van der Waals surface area contributed by atoms with Gasteiger partial charge in [0.2, 0.25) is 0 Å². The van der Waals surface area contributed by atoms with E-state index in [0.29, 0.717) is 33.7 Å². The number of Topliss-reactive ketones (excluding diaryl/α,β-unsaturated/α-hetero) is 1. The smallest absolute Gasteiger partial charge is 0.307 e. The van der Waals surface area contributed by atoms with Crippen molar-refractivity contribution in [2.75, 3.05) is 12.0 Å². The Morgan fingerprint density at radius 1 is 0.919 bits per heavy atom. The molecule has 1 saturated heterocycles. The molecule has 1 amide bonds. The van der Waals surface area contributed by atoms with Crippen LogP contribution >= 0.6 is 0 Å². The number of nitrogens with zero attached hydrogens (tertiary/aromatic N) is 1. The summed E-state index contributed by atoms with van der Waals surface area (Å²) in [5.41, 5.74) is 4.70. The first-order valence-corrected chi connectivity index (χ1v) is 12.0. The third kappa shape index (κ3) is 4.85. The molecule has 7 heteroatoms. The van der Waals surface area contributed by atoms with Gasteiger partial charge in [-0.15, -0.1) is 0 Å². The van der Waals surface area contributed by atoms with Gasteiger partial charge in [-0.2, -0.15) is 0 Å². The number of rotatable bonds is 7. The summed E-state index contributed by atoms with van der Waals surface area (Å²) in [7, 11) is 1.56. The summed E-state index contributed by atoms with van der Waals surface area (Å²) < 4.78 is 5.38. The zero-order valence-electron chi connectivity index (χ0n) is 21.2. The number of aliphatic hydroxyl groups excluding tert-OH is 1. The lowest BCUT2D eigenvalue weighted by molar-refractivity contribution is -0.136. The zero-order chi connectivity index (χ0) is 26.9. The number of carbonyl (C=O) groups is 3. The number of ether oxygens (including phenoxy) is 1. The minimum Gasteiger partial charge on any atom is -0.507 e. The summed E-state index contributed by atoms with van der Waals surface area (Å²) in [6.07, 6.45) is 0.674. The van der Waals surface area contributed by atoms with Gasteiger partial charge in [-0.05, 0) is 72.4 Å². The maximum Gasteiger partial charge on any atom is 0.307 e. The number of carboxylic acids is 1. The van der Waals surface area contributed by atoms with Crippen LogP contribution in [0, 0.1) is 13.8 Å². The maximum atomic E-state index is 13.4. The Morgan fingerprint density at radius 3 is 2.11 bits per heavy atom. The predicted octanol–water partition coefficient (Wildman–Crippen LogP) is 5.13. The van der Waals surface area contributed by atoms with Crippen molar-refractivity contribution in [3.05, 3.63) is 99.6 Å². The van der Waals surface area contributed by atoms with Crippen LogP contribution in [0.2, 0.25) is 0 Å². The Kier molecular flexibility index (Phi) is 7.16. The third-order valence-electron chi connectivity index (χ3n) is 6.71. The predicted molar refractivity (Wildman–Crippen MR) is 141 cm³/mol. The fraction of sp³-hybridized carbons (Fsp3) is 0.233. The van der Waals surface area contributed by atoms with Crippen molar-refractivity contribution in [3.63, 3.8) is 0 Å². The van der Waals surface area contributed by atoms with E-state index >= 15 is 0 Å². The minimum absolute atomic E-state index is 0.00321. The summed E-state index contributed by atoms with van der Waals surface area (Å²) in [5, 5.41) is 20.6. The Balaban J connectivity index is 1.91. The molecule has 3 aromatic carbocycles. The highest BCUT2D eigenvalue weighted by atomic mass is 16.5. The van der Waals surface area contributed by atoms with Crippen molar-refractivity contribution in [1.29, 1.82) is 0 Å². The number of aryl methyl sites for hydroxylation is 3. The second kappa shape index (κ2) is 10.3. The number of benzene rings is 3. The molecule has 0 saturated carbocycles. The molecule has 37 heavy (non-hydrogen) atoms. The number of aliphatic carboxylic acids is 1. The Labute approximate surface area is 215 Å². The maximum absolute atomic E-state index is 13.4. The lowest BCUT2D eigenvalue weighted by Gasteiger charge is -2.26. The van der Waals surface area contributed by atoms with E-state index in [9.17, 15) is 19.5 Å². The van der Waals surface area contributed by atoms with Crippen LogP contribution in [0.5, 0.6) is 5.75 Å². The summed E-state index contributed by atoms with van der Waals surface area (Å²) in [5.74, 6) is -2.11. The zero-order valence-corrected chi connectivity index (χ0v) is 21.2. The van der Waals surface area contributed by atoms with E-state index in [1.54, 1.807) is 50.4 Å². The molecular formula is C30H29NO6. The molecule has 2 N–H and O–H groups in total. The molecule has 1 fully saturated rings. The van der Waals surface area contributed by atoms with Crippen LogP contribution in [-0.2, 0) is 27.2 Å². The van der Waals surface area contributed by atoms with E-state index < -0.39 is 23.7 Å². The number of methoxy groups -OCH3 is 1. The highest BCUT2D eigenvalue weighted by Gasteiger charge is 2.47. The van der Waals surface area contributed by atoms with Crippen LogP contribution in [0.4, 0.5) is 5.69 Å². The van der Waals surface area contributed by atoms with Crippen LogP contribution in [0.3, 0.4) is 0 Å². The molecule has 3 aromatic rings. The van der Waals surface area contributed by atoms with Crippen molar-refractivity contribution in [2.24, 2.45) is 0 Å². The molecule has 0 radical (unpaired) electrons. The molecular weight excluding hydrogens is 470 g/mol. The Bertz CT molecular complexity index is 1400. The number of hydrogen-bond acceptors (Lipinski definition) is 5. The third-order valence-corrected chi connectivity index (χ3v) is 6.71. The van der Waals surface area contributed by atoms with E-state index in [1.807, 2.05) is 38.1 Å². The van der Waals surface area contributed by atoms with Crippen LogP contribution in [0.15, 0.2) is 66.2 Å². The van der Waals surface area contributed by atoms with E-state index in [2.05, 4.69) is 0 Å². The number of carbonyl (C=O) groups excluding carboxylic acids is 2. The lowest BCUT2D eigenvalue weighted by atomic mass is 9.92. The highest BCUT2D eigenvalue weighted by molar-refractivity contribution is 6.51. The minimum atomic E-state index is -0.964. The number of anilines is 1. The molecule has 190 valence electrons. The van der Waals surface area contributed by atoms with Gasteiger partial charge in [-0.25, -0.2) is 0 Å². The topological polar surface area (TPSA) is 104 Å². The largest absolute Gasteiger partial charge is 0.507 e. The number of carboxylic acid groups (broad SMARTS) is 1. The molecule has 0 aliphatic carbocycles. The van der Waals surface area contributed by atoms with E-state index in [1.165, 1.54) is 4.90 Å². The van der Waals surface area contributed by atoms with Gasteiger partial charge in [0.05, 0.1) is 25.1 Å². The molecule has 7 nitrogen and oxygen atoms in total. The average Bonchev–Trinajstić information content (AvgIpc) is 3.15. The first-order valence-electron chi connectivity index (χ1n) is 12.0. The Hall–Kier alpha value is -4.39. The fourth-order valence-electron chi connectivity index (χ4n) is 4.71. The molecule has 1 heterocycles. The van der Waals surface area contributed by atoms with Crippen molar-refractivity contribution < 1.29 is 29.3 Å². The molecule has 1 aliphatic rings. The molecule has 1 aliphatic heterocycles. The van der Waals surface area contributed by atoms with Gasteiger partial charge < -0.3 is 14.9 Å². The Morgan fingerprint density at radius 2 is 1.54 bits per heavy atom. The van der Waals surface area contributed by atoms with Gasteiger partial charge in [-0.3, -0.25) is 19.3 Å². The van der Waals surface area contributed by atoms with Crippen molar-refractivity contribution in [1.82, 2.24) is 0 Å². The summed E-state index contributed by atoms with van der Waals surface area (Å²) in [6, 6.07) is 16.8. The van der Waals surface area contributed by atoms with Gasteiger partial charge in [0.1, 0.15) is 11.5 Å². The molecule has 4 rings (SSSR count). The first kappa shape index (κ1) is 25.7. The van der Waals surface area contributed by atoms with Crippen LogP contribution < -0.4 is 9.64 Å². The normalized spacial score (nSPS) is 16.8. The molecule has 1 unspecified atom stereocenters. The van der Waals surface area contributed by atoms with Crippen molar-refractivity contribution >= 4 is 29.1 Å². The number of amides is 1. The average molecular weight is 500 g/mol. The van der Waals surface area contributed by atoms with Gasteiger partial charge >= 0.3 is 5.97 Å². The van der Waals surface area contributed by atoms with Gasteiger partial charge in [0, 0.05) is 11.3 Å². The lowest BCUT2D eigenvalue weighted by Crippen LogP contribution is -2.29. The molecule has 0 aromatic heterocycles. The monoisotopic (exact) mass is 499 g/mol. The standard InChI is InChI=1S/C30H29NO6/c1-5-19-6-10-21(11-7-19)27-26(28(34)23-14-18(3)24(37-4)15-17(23)2)29(35)30(36)31(27)22-12-8-20(9-13-22)16-25(32)33/h6-15,27,34H,5,16H2,1-4H3,(H,32,33)/b28-26+. The number of aliphatic hydroxyl groups is 1. The first-order chi connectivity index (χ1) is 17.7. The highest BCUT2D eigenvalue weighted by Crippen LogP contribution is 2.43. The molecule has 1 atom stereocenters. The SMILES string of the molecule is CCc1ccc(C2/C(=C(\O)c3cc(C)c(OC)cc3C)C(=O)C(=O)N2c2ccc(CC(=O)O)cc2)cc1. The van der Waals surface area contributed by atoms with Gasteiger partial charge in [0.15, 0.2) is 0 Å². The van der Waals surface area contributed by atoms with E-state index in [4.69, 9.17) is 9.84 Å². The van der Waals surface area contributed by atoms with Crippen molar-refractivity contribution in [3.8, 4) is 5.75 Å².